The maximum absolute atomic E-state index is 11.1. The second-order valence-corrected chi connectivity index (χ2v) is 5.28. The molecule has 0 spiro atoms. The summed E-state index contributed by atoms with van der Waals surface area (Å²) in [7, 11) is 4.96. The van der Waals surface area contributed by atoms with E-state index >= 15 is 0 Å². The Morgan fingerprint density at radius 3 is 1.96 bits per heavy atom. The zero-order chi connectivity index (χ0) is 16.4. The molecule has 120 valence electrons. The quantitative estimate of drug-likeness (QED) is 0.940. The van der Waals surface area contributed by atoms with Gasteiger partial charge in [0.25, 0.3) is 0 Å². The molecule has 2 aromatic rings. The van der Waals surface area contributed by atoms with Crippen LogP contribution in [0.5, 0.6) is 11.5 Å². The molecule has 3 rings (SSSR count). The number of ether oxygens (including phenoxy) is 2. The van der Waals surface area contributed by atoms with Crippen LogP contribution in [-0.2, 0) is 10.6 Å². The lowest BCUT2D eigenvalue weighted by Crippen LogP contribution is -2.29. The molecular formula is C18H19NO4. The van der Waals surface area contributed by atoms with Gasteiger partial charge in [-0.1, -0.05) is 12.1 Å². The smallest absolute Gasteiger partial charge is 0.246 e. The highest BCUT2D eigenvalue weighted by Gasteiger charge is 2.42. The molecule has 1 aliphatic rings. The topological polar surface area (TPSA) is 51.2 Å². The number of rotatable bonds is 4. The van der Waals surface area contributed by atoms with Crippen molar-refractivity contribution in [3.05, 3.63) is 65.9 Å². The van der Waals surface area contributed by atoms with Crippen LogP contribution in [-0.4, -0.2) is 31.4 Å². The summed E-state index contributed by atoms with van der Waals surface area (Å²) in [6.07, 6.45) is 1.77. The summed E-state index contributed by atoms with van der Waals surface area (Å²) in [4.78, 5) is 5.66. The van der Waals surface area contributed by atoms with Crippen LogP contribution in [0.3, 0.4) is 0 Å². The molecular weight excluding hydrogens is 294 g/mol. The molecule has 0 fully saturated rings. The van der Waals surface area contributed by atoms with Crippen molar-refractivity contribution in [3.8, 4) is 11.5 Å². The van der Waals surface area contributed by atoms with Crippen LogP contribution < -0.4 is 9.47 Å². The highest BCUT2D eigenvalue weighted by molar-refractivity contribution is 5.73. The SMILES string of the molecule is COc1ccc(C2=CN(C)OC2(O)c2ccc(OC)cc2)cc1. The van der Waals surface area contributed by atoms with Gasteiger partial charge in [0.15, 0.2) is 0 Å². The van der Waals surface area contributed by atoms with E-state index in [0.29, 0.717) is 11.1 Å². The lowest BCUT2D eigenvalue weighted by atomic mass is 9.93. The molecule has 1 unspecified atom stereocenters. The first-order valence-corrected chi connectivity index (χ1v) is 7.22. The summed E-state index contributed by atoms with van der Waals surface area (Å²) in [6, 6.07) is 14.6. The van der Waals surface area contributed by atoms with Crippen LogP contribution in [0.25, 0.3) is 5.57 Å². The van der Waals surface area contributed by atoms with Crippen molar-refractivity contribution in [1.29, 1.82) is 0 Å². The van der Waals surface area contributed by atoms with Gasteiger partial charge < -0.3 is 14.6 Å². The molecule has 1 N–H and O–H groups in total. The molecule has 1 atom stereocenters. The molecule has 0 bridgehead atoms. The Morgan fingerprint density at radius 1 is 0.913 bits per heavy atom. The van der Waals surface area contributed by atoms with Crippen molar-refractivity contribution in [1.82, 2.24) is 5.06 Å². The molecule has 0 aromatic heterocycles. The first-order chi connectivity index (χ1) is 11.1. The number of benzene rings is 2. The molecule has 2 aromatic carbocycles. The minimum absolute atomic E-state index is 0.629. The van der Waals surface area contributed by atoms with Crippen molar-refractivity contribution >= 4 is 5.57 Å². The number of hydrogen-bond acceptors (Lipinski definition) is 5. The Kier molecular flexibility index (Phi) is 3.98. The molecule has 0 aliphatic carbocycles. The molecule has 0 amide bonds. The van der Waals surface area contributed by atoms with E-state index in [-0.39, 0.29) is 0 Å². The van der Waals surface area contributed by atoms with Gasteiger partial charge in [-0.3, -0.25) is 5.06 Å². The van der Waals surface area contributed by atoms with Gasteiger partial charge in [-0.05, 0) is 42.0 Å². The van der Waals surface area contributed by atoms with Gasteiger partial charge in [0.1, 0.15) is 11.5 Å². The lowest BCUT2D eigenvalue weighted by Gasteiger charge is -2.26. The van der Waals surface area contributed by atoms with Gasteiger partial charge in [0, 0.05) is 24.4 Å². The molecule has 5 heteroatoms. The monoisotopic (exact) mass is 313 g/mol. The standard InChI is InChI=1S/C18H19NO4/c1-19-12-17(13-4-8-15(21-2)9-5-13)18(20,23-19)14-6-10-16(22-3)11-7-14/h4-12,20H,1-3H3. The van der Waals surface area contributed by atoms with E-state index in [9.17, 15) is 5.11 Å². The predicted octanol–water partition coefficient (Wildman–Crippen LogP) is 2.77. The Labute approximate surface area is 135 Å². The van der Waals surface area contributed by atoms with E-state index in [1.165, 1.54) is 5.06 Å². The maximum atomic E-state index is 11.1. The van der Waals surface area contributed by atoms with Crippen molar-refractivity contribution in [2.75, 3.05) is 21.3 Å². The van der Waals surface area contributed by atoms with E-state index in [1.807, 2.05) is 24.3 Å². The van der Waals surface area contributed by atoms with Crippen LogP contribution in [0.4, 0.5) is 0 Å². The second kappa shape index (κ2) is 5.95. The molecule has 23 heavy (non-hydrogen) atoms. The minimum Gasteiger partial charge on any atom is -0.497 e. The zero-order valence-electron chi connectivity index (χ0n) is 13.3. The summed E-state index contributed by atoms with van der Waals surface area (Å²) in [5.74, 6) is -0.0661. The van der Waals surface area contributed by atoms with Crippen molar-refractivity contribution < 1.29 is 19.4 Å². The van der Waals surface area contributed by atoms with Gasteiger partial charge in [0.05, 0.1) is 14.2 Å². The van der Waals surface area contributed by atoms with Gasteiger partial charge in [-0.25, -0.2) is 4.84 Å². The Hall–Kier alpha value is -2.50. The first kappa shape index (κ1) is 15.4. The summed E-state index contributed by atoms with van der Waals surface area (Å²) in [5.41, 5.74) is 2.14. The molecule has 0 radical (unpaired) electrons. The van der Waals surface area contributed by atoms with E-state index < -0.39 is 5.79 Å². The number of nitrogens with zero attached hydrogens (tertiary/aromatic N) is 1. The van der Waals surface area contributed by atoms with E-state index in [4.69, 9.17) is 14.3 Å². The Balaban J connectivity index is 2.00. The normalized spacial score (nSPS) is 20.3. The Bertz CT molecular complexity index is 709. The summed E-state index contributed by atoms with van der Waals surface area (Å²) < 4.78 is 10.3. The highest BCUT2D eigenvalue weighted by atomic mass is 16.8. The fourth-order valence-corrected chi connectivity index (χ4v) is 2.62. The fraction of sp³-hybridized carbons (Fsp3) is 0.222. The molecule has 1 heterocycles. The van der Waals surface area contributed by atoms with Gasteiger partial charge >= 0.3 is 0 Å². The van der Waals surface area contributed by atoms with Crippen LogP contribution in [0, 0.1) is 0 Å². The van der Waals surface area contributed by atoms with Gasteiger partial charge in [-0.2, -0.15) is 0 Å². The Morgan fingerprint density at radius 2 is 1.43 bits per heavy atom. The summed E-state index contributed by atoms with van der Waals surface area (Å²) in [6.45, 7) is 0. The van der Waals surface area contributed by atoms with Crippen molar-refractivity contribution in [3.63, 3.8) is 0 Å². The second-order valence-electron chi connectivity index (χ2n) is 5.28. The van der Waals surface area contributed by atoms with Gasteiger partial charge in [-0.15, -0.1) is 0 Å². The largest absolute Gasteiger partial charge is 0.497 e. The van der Waals surface area contributed by atoms with E-state index in [0.717, 1.165) is 17.1 Å². The number of hydroxylamine groups is 2. The van der Waals surface area contributed by atoms with Crippen molar-refractivity contribution in [2.45, 2.75) is 5.79 Å². The lowest BCUT2D eigenvalue weighted by molar-refractivity contribution is -0.262. The number of methoxy groups -OCH3 is 2. The highest BCUT2D eigenvalue weighted by Crippen LogP contribution is 2.43. The predicted molar refractivity (Wildman–Crippen MR) is 86.7 cm³/mol. The first-order valence-electron chi connectivity index (χ1n) is 7.22. The molecule has 1 aliphatic heterocycles. The third-order valence-corrected chi connectivity index (χ3v) is 3.83. The zero-order valence-corrected chi connectivity index (χ0v) is 13.3. The molecule has 5 nitrogen and oxygen atoms in total. The van der Waals surface area contributed by atoms with Crippen LogP contribution >= 0.6 is 0 Å². The van der Waals surface area contributed by atoms with Gasteiger partial charge in [0.2, 0.25) is 5.79 Å². The van der Waals surface area contributed by atoms with Crippen LogP contribution in [0.2, 0.25) is 0 Å². The number of aliphatic hydroxyl groups is 1. The third-order valence-electron chi connectivity index (χ3n) is 3.83. The van der Waals surface area contributed by atoms with Crippen LogP contribution in [0.1, 0.15) is 11.1 Å². The third kappa shape index (κ3) is 2.76. The van der Waals surface area contributed by atoms with Crippen molar-refractivity contribution in [2.24, 2.45) is 0 Å². The maximum Gasteiger partial charge on any atom is 0.246 e. The average Bonchev–Trinajstić information content (AvgIpc) is 2.91. The average molecular weight is 313 g/mol. The summed E-state index contributed by atoms with van der Waals surface area (Å²) >= 11 is 0. The van der Waals surface area contributed by atoms with E-state index in [1.54, 1.807) is 51.7 Å². The van der Waals surface area contributed by atoms with E-state index in [2.05, 4.69) is 0 Å². The molecule has 0 saturated carbocycles. The number of hydrogen-bond donors (Lipinski definition) is 1. The fourth-order valence-electron chi connectivity index (χ4n) is 2.62. The van der Waals surface area contributed by atoms with Crippen LogP contribution in [0.15, 0.2) is 54.7 Å². The summed E-state index contributed by atoms with van der Waals surface area (Å²) in [5, 5.41) is 12.6. The minimum atomic E-state index is -1.55. The molecule has 0 saturated heterocycles.